The second-order valence-corrected chi connectivity index (χ2v) is 4.36. The third-order valence-electron chi connectivity index (χ3n) is 2.67. The average Bonchev–Trinajstić information content (AvgIpc) is 2.29. The van der Waals surface area contributed by atoms with Crippen molar-refractivity contribution in [1.82, 2.24) is 0 Å². The van der Waals surface area contributed by atoms with Crippen LogP contribution in [0.1, 0.15) is 26.7 Å². The Labute approximate surface area is 99.4 Å². The number of rotatable bonds is 4. The number of nitrogens with one attached hydrogen (secondary N) is 1. The zero-order valence-corrected chi connectivity index (χ0v) is 10.6. The minimum Gasteiger partial charge on any atom is -0.366 e. The van der Waals surface area contributed by atoms with Crippen molar-refractivity contribution in [2.75, 3.05) is 5.32 Å². The smallest absolute Gasteiger partial charge is 0.124 e. The van der Waals surface area contributed by atoms with Crippen molar-refractivity contribution in [2.45, 2.75) is 32.2 Å². The third kappa shape index (κ3) is 2.73. The minimum atomic E-state index is -0.454. The summed E-state index contributed by atoms with van der Waals surface area (Å²) in [4.78, 5) is 0. The lowest BCUT2D eigenvalue weighted by atomic mass is 9.94. The highest BCUT2D eigenvalue weighted by Crippen LogP contribution is 2.27. The molecule has 1 N–H and O–H groups in total. The molecular weight excluding hydrogens is 252 g/mol. The van der Waals surface area contributed by atoms with Crippen LogP contribution in [0.5, 0.6) is 0 Å². The summed E-state index contributed by atoms with van der Waals surface area (Å²) >= 11 is 3.46. The van der Waals surface area contributed by atoms with Crippen LogP contribution in [-0.4, -0.2) is 5.54 Å². The van der Waals surface area contributed by atoms with Gasteiger partial charge in [0.05, 0.1) is 6.07 Å². The summed E-state index contributed by atoms with van der Waals surface area (Å²) in [7, 11) is 0. The Morgan fingerprint density at radius 2 is 1.93 bits per heavy atom. The highest BCUT2D eigenvalue weighted by molar-refractivity contribution is 9.10. The molecule has 0 fully saturated rings. The molecule has 80 valence electrons. The van der Waals surface area contributed by atoms with Crippen molar-refractivity contribution >= 4 is 21.6 Å². The molecule has 15 heavy (non-hydrogen) atoms. The number of hydrogen-bond acceptors (Lipinski definition) is 2. The fourth-order valence-electron chi connectivity index (χ4n) is 1.43. The van der Waals surface area contributed by atoms with E-state index >= 15 is 0 Å². The van der Waals surface area contributed by atoms with Gasteiger partial charge in [-0.15, -0.1) is 0 Å². The first kappa shape index (κ1) is 12.1. The summed E-state index contributed by atoms with van der Waals surface area (Å²) in [5.74, 6) is 0. The molecule has 0 aliphatic rings. The Morgan fingerprint density at radius 1 is 1.33 bits per heavy atom. The highest BCUT2D eigenvalue weighted by atomic mass is 79.9. The largest absolute Gasteiger partial charge is 0.366 e. The SMILES string of the molecule is CCC(C#N)(CC)Nc1ccccc1Br. The number of anilines is 1. The van der Waals surface area contributed by atoms with Crippen LogP contribution in [0.25, 0.3) is 0 Å². The second-order valence-electron chi connectivity index (χ2n) is 3.51. The number of nitriles is 1. The number of halogens is 1. The van der Waals surface area contributed by atoms with Gasteiger partial charge in [0.2, 0.25) is 0 Å². The maximum absolute atomic E-state index is 9.20. The monoisotopic (exact) mass is 266 g/mol. The third-order valence-corrected chi connectivity index (χ3v) is 3.36. The molecule has 1 aromatic carbocycles. The maximum Gasteiger partial charge on any atom is 0.124 e. The fourth-order valence-corrected chi connectivity index (χ4v) is 1.82. The Morgan fingerprint density at radius 3 is 2.40 bits per heavy atom. The van der Waals surface area contributed by atoms with Crippen molar-refractivity contribution in [3.63, 3.8) is 0 Å². The first-order chi connectivity index (χ1) is 7.17. The number of nitrogens with zero attached hydrogens (tertiary/aromatic N) is 1. The molecule has 0 aliphatic heterocycles. The van der Waals surface area contributed by atoms with Gasteiger partial charge in [0.15, 0.2) is 0 Å². The molecule has 0 amide bonds. The summed E-state index contributed by atoms with van der Waals surface area (Å²) in [6.07, 6.45) is 1.59. The molecular formula is C12H15BrN2. The summed E-state index contributed by atoms with van der Waals surface area (Å²) in [5, 5.41) is 12.5. The molecule has 0 aromatic heterocycles. The van der Waals surface area contributed by atoms with Gasteiger partial charge < -0.3 is 5.32 Å². The van der Waals surface area contributed by atoms with Crippen molar-refractivity contribution < 1.29 is 0 Å². The molecule has 1 rings (SSSR count). The van der Waals surface area contributed by atoms with E-state index in [0.29, 0.717) is 0 Å². The molecule has 3 heteroatoms. The summed E-state index contributed by atoms with van der Waals surface area (Å²) < 4.78 is 0.992. The van der Waals surface area contributed by atoms with Gasteiger partial charge in [-0.1, -0.05) is 26.0 Å². The first-order valence-corrected chi connectivity index (χ1v) is 5.90. The van der Waals surface area contributed by atoms with Crippen LogP contribution in [0.2, 0.25) is 0 Å². The molecule has 0 heterocycles. The lowest BCUT2D eigenvalue weighted by Crippen LogP contribution is -2.35. The van der Waals surface area contributed by atoms with E-state index in [0.717, 1.165) is 23.0 Å². The number of hydrogen-bond donors (Lipinski definition) is 1. The van der Waals surface area contributed by atoms with Gasteiger partial charge in [0.25, 0.3) is 0 Å². The summed E-state index contributed by atoms with van der Waals surface area (Å²) in [5.41, 5.74) is 0.520. The second kappa shape index (κ2) is 5.18. The Balaban J connectivity index is 2.94. The van der Waals surface area contributed by atoms with Gasteiger partial charge in [-0.25, -0.2) is 0 Å². The number of para-hydroxylation sites is 1. The predicted octanol–water partition coefficient (Wildman–Crippen LogP) is 3.94. The van der Waals surface area contributed by atoms with Crippen LogP contribution in [0.4, 0.5) is 5.69 Å². The first-order valence-electron chi connectivity index (χ1n) is 5.11. The normalized spacial score (nSPS) is 10.8. The number of benzene rings is 1. The zero-order valence-electron chi connectivity index (χ0n) is 9.05. The van der Waals surface area contributed by atoms with E-state index in [1.54, 1.807) is 0 Å². The predicted molar refractivity (Wildman–Crippen MR) is 66.7 cm³/mol. The molecule has 0 saturated heterocycles. The van der Waals surface area contributed by atoms with Crippen molar-refractivity contribution in [1.29, 1.82) is 5.26 Å². The topological polar surface area (TPSA) is 35.8 Å². The maximum atomic E-state index is 9.20. The molecule has 2 nitrogen and oxygen atoms in total. The standard InChI is InChI=1S/C12H15BrN2/c1-3-12(4-2,9-14)15-11-8-6-5-7-10(11)13/h5-8,15H,3-4H2,1-2H3. The van der Waals surface area contributed by atoms with E-state index in [1.165, 1.54) is 0 Å². The van der Waals surface area contributed by atoms with Crippen LogP contribution in [0, 0.1) is 11.3 Å². The van der Waals surface area contributed by atoms with Gasteiger partial charge in [-0.3, -0.25) is 0 Å². The van der Waals surface area contributed by atoms with E-state index in [9.17, 15) is 5.26 Å². The lowest BCUT2D eigenvalue weighted by Gasteiger charge is -2.26. The van der Waals surface area contributed by atoms with E-state index in [1.807, 2.05) is 38.1 Å². The van der Waals surface area contributed by atoms with E-state index < -0.39 is 5.54 Å². The van der Waals surface area contributed by atoms with Gasteiger partial charge in [-0.05, 0) is 40.9 Å². The van der Waals surface area contributed by atoms with Crippen molar-refractivity contribution in [2.24, 2.45) is 0 Å². The van der Waals surface area contributed by atoms with E-state index in [4.69, 9.17) is 0 Å². The molecule has 0 aliphatic carbocycles. The molecule has 0 unspecified atom stereocenters. The molecule has 0 saturated carbocycles. The van der Waals surface area contributed by atoms with Crippen molar-refractivity contribution in [3.05, 3.63) is 28.7 Å². The van der Waals surface area contributed by atoms with Crippen molar-refractivity contribution in [3.8, 4) is 6.07 Å². The quantitative estimate of drug-likeness (QED) is 0.896. The van der Waals surface area contributed by atoms with Crippen LogP contribution in [0.15, 0.2) is 28.7 Å². The lowest BCUT2D eigenvalue weighted by molar-refractivity contribution is 0.548. The van der Waals surface area contributed by atoms with E-state index in [-0.39, 0.29) is 0 Å². The van der Waals surface area contributed by atoms with Gasteiger partial charge >= 0.3 is 0 Å². The Hall–Kier alpha value is -1.01. The Bertz CT molecular complexity index is 364. The fraction of sp³-hybridized carbons (Fsp3) is 0.417. The van der Waals surface area contributed by atoms with Crippen LogP contribution in [-0.2, 0) is 0 Å². The van der Waals surface area contributed by atoms with Crippen LogP contribution >= 0.6 is 15.9 Å². The molecule has 0 spiro atoms. The summed E-state index contributed by atoms with van der Waals surface area (Å²) in [6.45, 7) is 4.05. The van der Waals surface area contributed by atoms with Crippen LogP contribution < -0.4 is 5.32 Å². The van der Waals surface area contributed by atoms with Gasteiger partial charge in [0.1, 0.15) is 5.54 Å². The van der Waals surface area contributed by atoms with E-state index in [2.05, 4.69) is 27.3 Å². The van der Waals surface area contributed by atoms with Gasteiger partial charge in [0, 0.05) is 10.2 Å². The Kier molecular flexibility index (Phi) is 4.16. The molecule has 1 aromatic rings. The van der Waals surface area contributed by atoms with Crippen LogP contribution in [0.3, 0.4) is 0 Å². The zero-order chi connectivity index (χ0) is 11.3. The molecule has 0 bridgehead atoms. The average molecular weight is 267 g/mol. The summed E-state index contributed by atoms with van der Waals surface area (Å²) in [6, 6.07) is 10.2. The molecule has 0 atom stereocenters. The van der Waals surface area contributed by atoms with Gasteiger partial charge in [-0.2, -0.15) is 5.26 Å². The highest BCUT2D eigenvalue weighted by Gasteiger charge is 2.25. The molecule has 0 radical (unpaired) electrons. The minimum absolute atomic E-state index is 0.454.